The van der Waals surface area contributed by atoms with Crippen LogP contribution in [0.4, 0.5) is 11.6 Å². The monoisotopic (exact) mass is 550 g/mol. The third-order valence-corrected chi connectivity index (χ3v) is 7.77. The number of nitrogens with one attached hydrogen (secondary N) is 1. The highest BCUT2D eigenvalue weighted by atomic mass is 16.3. The molecule has 6 rings (SSSR count). The number of nitroso groups, excluding NO2 is 1. The number of likely N-dealkylation sites (tertiary alicyclic amines) is 1. The number of hydrogen-bond acceptors (Lipinski definition) is 8. The SMILES string of the molecule is CC(C)/C=C(/N=O)C(=O)N1CC2(CC2)C[C@H]1c1nc(-c2ccc(C(=O)Nc3ccccn3)cc2)c2c(N)nccn12. The molecule has 1 atom stereocenters. The zero-order valence-electron chi connectivity index (χ0n) is 22.8. The number of nitrogens with two attached hydrogens (primary N) is 1. The number of carbonyl (C=O) groups excluding carboxylic acids is 2. The number of imidazole rings is 1. The zero-order chi connectivity index (χ0) is 28.7. The quantitative estimate of drug-likeness (QED) is 0.243. The summed E-state index contributed by atoms with van der Waals surface area (Å²) in [5.41, 5.74) is 8.73. The Kier molecular flexibility index (Phi) is 6.56. The topological polar surface area (TPSA) is 148 Å². The van der Waals surface area contributed by atoms with E-state index in [0.29, 0.717) is 40.8 Å². The van der Waals surface area contributed by atoms with Gasteiger partial charge in [-0.15, -0.1) is 4.91 Å². The molecule has 4 heterocycles. The van der Waals surface area contributed by atoms with Crippen molar-refractivity contribution >= 4 is 29.0 Å². The highest BCUT2D eigenvalue weighted by molar-refractivity contribution is 6.04. The molecule has 1 aromatic carbocycles. The molecule has 3 N–H and O–H groups in total. The predicted octanol–water partition coefficient (Wildman–Crippen LogP) is 4.99. The molecule has 11 heteroatoms. The van der Waals surface area contributed by atoms with E-state index in [1.807, 2.05) is 30.4 Å². The molecule has 2 amide bonds. The Labute approximate surface area is 236 Å². The van der Waals surface area contributed by atoms with Gasteiger partial charge in [0.25, 0.3) is 11.8 Å². The van der Waals surface area contributed by atoms with Crippen LogP contribution in [0.1, 0.15) is 55.3 Å². The van der Waals surface area contributed by atoms with Gasteiger partial charge in [0.15, 0.2) is 5.70 Å². The number of amides is 2. The minimum atomic E-state index is -0.383. The number of fused-ring (bicyclic) bond motifs is 1. The lowest BCUT2D eigenvalue weighted by atomic mass is 10.0. The van der Waals surface area contributed by atoms with Crippen LogP contribution in [0.5, 0.6) is 0 Å². The highest BCUT2D eigenvalue weighted by Gasteiger charge is 2.55. The molecule has 1 aliphatic carbocycles. The van der Waals surface area contributed by atoms with Crippen molar-refractivity contribution in [3.05, 3.63) is 89.1 Å². The first-order valence-corrected chi connectivity index (χ1v) is 13.6. The van der Waals surface area contributed by atoms with E-state index in [9.17, 15) is 14.5 Å². The smallest absolute Gasteiger partial charge is 0.276 e. The van der Waals surface area contributed by atoms with Crippen molar-refractivity contribution in [1.82, 2.24) is 24.3 Å². The van der Waals surface area contributed by atoms with Gasteiger partial charge in [-0.05, 0) is 66.1 Å². The molecule has 4 aromatic rings. The summed E-state index contributed by atoms with van der Waals surface area (Å²) < 4.78 is 1.88. The lowest BCUT2D eigenvalue weighted by Crippen LogP contribution is -2.33. The Morgan fingerprint density at radius 3 is 2.56 bits per heavy atom. The van der Waals surface area contributed by atoms with E-state index in [0.717, 1.165) is 24.8 Å². The number of anilines is 2. The van der Waals surface area contributed by atoms with Gasteiger partial charge >= 0.3 is 0 Å². The van der Waals surface area contributed by atoms with Gasteiger partial charge < -0.3 is 16.0 Å². The molecule has 0 unspecified atom stereocenters. The third-order valence-electron chi connectivity index (χ3n) is 7.77. The van der Waals surface area contributed by atoms with Crippen molar-refractivity contribution in [2.45, 2.75) is 39.2 Å². The largest absolute Gasteiger partial charge is 0.382 e. The van der Waals surface area contributed by atoms with Crippen molar-refractivity contribution in [3.8, 4) is 11.3 Å². The van der Waals surface area contributed by atoms with Crippen molar-refractivity contribution in [3.63, 3.8) is 0 Å². The van der Waals surface area contributed by atoms with Gasteiger partial charge in [0.1, 0.15) is 28.7 Å². The number of benzene rings is 1. The molecule has 0 radical (unpaired) electrons. The average Bonchev–Trinajstić information content (AvgIpc) is 3.45. The minimum absolute atomic E-state index is 0.00123. The molecule has 208 valence electrons. The maximum Gasteiger partial charge on any atom is 0.276 e. The van der Waals surface area contributed by atoms with Crippen LogP contribution in [0.2, 0.25) is 0 Å². The second-order valence-corrected chi connectivity index (χ2v) is 11.1. The number of allylic oxidation sites excluding steroid dienone is 1. The maximum absolute atomic E-state index is 13.6. The van der Waals surface area contributed by atoms with Crippen LogP contribution >= 0.6 is 0 Å². The molecule has 1 saturated heterocycles. The van der Waals surface area contributed by atoms with Crippen LogP contribution in [0.25, 0.3) is 16.8 Å². The van der Waals surface area contributed by atoms with Crippen molar-refractivity contribution in [1.29, 1.82) is 0 Å². The number of aromatic nitrogens is 4. The Bertz CT molecular complexity index is 1670. The summed E-state index contributed by atoms with van der Waals surface area (Å²) >= 11 is 0. The molecule has 2 fully saturated rings. The molecular weight excluding hydrogens is 520 g/mol. The molecule has 2 aliphatic rings. The summed E-state index contributed by atoms with van der Waals surface area (Å²) in [7, 11) is 0. The van der Waals surface area contributed by atoms with Gasteiger partial charge in [-0.2, -0.15) is 0 Å². The second-order valence-electron chi connectivity index (χ2n) is 11.1. The molecule has 1 aliphatic heterocycles. The number of pyridine rings is 1. The highest BCUT2D eigenvalue weighted by Crippen LogP contribution is 2.58. The summed E-state index contributed by atoms with van der Waals surface area (Å²) in [4.78, 5) is 53.2. The lowest BCUT2D eigenvalue weighted by Gasteiger charge is -2.23. The minimum Gasteiger partial charge on any atom is -0.382 e. The summed E-state index contributed by atoms with van der Waals surface area (Å²) in [6.07, 6.45) is 9.38. The second kappa shape index (κ2) is 10.2. The zero-order valence-corrected chi connectivity index (χ0v) is 22.8. The van der Waals surface area contributed by atoms with Crippen molar-refractivity contribution < 1.29 is 9.59 Å². The van der Waals surface area contributed by atoms with Gasteiger partial charge in [-0.3, -0.25) is 14.0 Å². The Morgan fingerprint density at radius 2 is 1.90 bits per heavy atom. The van der Waals surface area contributed by atoms with Gasteiger partial charge in [-0.25, -0.2) is 15.0 Å². The van der Waals surface area contributed by atoms with E-state index in [-0.39, 0.29) is 34.9 Å². The molecule has 0 bridgehead atoms. The molecule has 3 aromatic heterocycles. The Balaban J connectivity index is 1.37. The Morgan fingerprint density at radius 1 is 1.12 bits per heavy atom. The standard InChI is InChI=1S/C30H30N8O3/c1-18(2)15-21(36-41)29(40)38-17-30(10-11-30)16-22(38)27-35-24(25-26(31)33-13-14-37(25)27)19-6-8-20(9-7-19)28(39)34-23-5-3-4-12-32-23/h3-9,12-15,18,22H,10-11,16-17H2,1-2H3,(H2,31,33)(H,32,34,39)/b21-15+/t22-/m0/s1. The average molecular weight is 551 g/mol. The van der Waals surface area contributed by atoms with E-state index in [2.05, 4.69) is 20.5 Å². The van der Waals surface area contributed by atoms with Crippen LogP contribution in [-0.4, -0.2) is 42.6 Å². The molecule has 1 saturated carbocycles. The van der Waals surface area contributed by atoms with Crippen LogP contribution < -0.4 is 11.1 Å². The molecule has 11 nitrogen and oxygen atoms in total. The van der Waals surface area contributed by atoms with Crippen molar-refractivity contribution in [2.24, 2.45) is 16.5 Å². The van der Waals surface area contributed by atoms with E-state index in [1.165, 1.54) is 0 Å². The fraction of sp³-hybridized carbons (Fsp3) is 0.300. The Hall–Kier alpha value is -4.93. The fourth-order valence-electron chi connectivity index (χ4n) is 5.57. The lowest BCUT2D eigenvalue weighted by molar-refractivity contribution is -0.128. The van der Waals surface area contributed by atoms with Gasteiger partial charge in [0.05, 0.1) is 6.04 Å². The van der Waals surface area contributed by atoms with Gasteiger partial charge in [0.2, 0.25) is 0 Å². The summed E-state index contributed by atoms with van der Waals surface area (Å²) in [6.45, 7) is 4.35. The van der Waals surface area contributed by atoms with Crippen LogP contribution in [0, 0.1) is 16.2 Å². The van der Waals surface area contributed by atoms with Crippen molar-refractivity contribution in [2.75, 3.05) is 17.6 Å². The van der Waals surface area contributed by atoms with Gasteiger partial charge in [-0.1, -0.05) is 32.0 Å². The van der Waals surface area contributed by atoms with Crippen LogP contribution in [0.3, 0.4) is 0 Å². The van der Waals surface area contributed by atoms with Crippen LogP contribution in [-0.2, 0) is 4.79 Å². The first-order chi connectivity index (χ1) is 19.8. The summed E-state index contributed by atoms with van der Waals surface area (Å²) in [5.74, 6) is 0.742. The van der Waals surface area contributed by atoms with E-state index >= 15 is 0 Å². The third kappa shape index (κ3) is 4.94. The normalized spacial score (nSPS) is 17.8. The maximum atomic E-state index is 13.6. The first kappa shape index (κ1) is 26.3. The number of carbonyl (C=O) groups is 2. The summed E-state index contributed by atoms with van der Waals surface area (Å²) in [5, 5.41) is 5.85. The number of nitrogen functional groups attached to an aromatic ring is 1. The number of rotatable bonds is 7. The van der Waals surface area contributed by atoms with Gasteiger partial charge in [0, 0.05) is 36.3 Å². The molecule has 1 spiro atoms. The van der Waals surface area contributed by atoms with E-state index in [4.69, 9.17) is 10.7 Å². The van der Waals surface area contributed by atoms with E-state index < -0.39 is 0 Å². The number of hydrogen-bond donors (Lipinski definition) is 2. The van der Waals surface area contributed by atoms with E-state index in [1.54, 1.807) is 59.9 Å². The van der Waals surface area contributed by atoms with Crippen LogP contribution in [0.15, 0.2) is 78.0 Å². The molecular formula is C30H30N8O3. The number of nitrogens with zero attached hydrogens (tertiary/aromatic N) is 6. The molecule has 41 heavy (non-hydrogen) atoms. The predicted molar refractivity (Wildman–Crippen MR) is 154 cm³/mol. The first-order valence-electron chi connectivity index (χ1n) is 13.6. The summed E-state index contributed by atoms with van der Waals surface area (Å²) in [6, 6.07) is 12.0. The fourth-order valence-corrected chi connectivity index (χ4v) is 5.57.